The summed E-state index contributed by atoms with van der Waals surface area (Å²) in [5.41, 5.74) is 5.48. The SMILES string of the molecule is N/C(=N/O)C(NS(=O)(=O)c1ccc(Br)cc1F)C1CC1. The Morgan fingerprint density at radius 2 is 2.20 bits per heavy atom. The summed E-state index contributed by atoms with van der Waals surface area (Å²) in [7, 11) is -4.08. The molecule has 1 fully saturated rings. The highest BCUT2D eigenvalue weighted by atomic mass is 79.9. The number of oxime groups is 1. The minimum Gasteiger partial charge on any atom is -0.409 e. The van der Waals surface area contributed by atoms with Gasteiger partial charge in [0, 0.05) is 4.47 Å². The van der Waals surface area contributed by atoms with Crippen LogP contribution in [0.25, 0.3) is 0 Å². The Labute approximate surface area is 124 Å². The zero-order chi connectivity index (χ0) is 14.9. The maximum absolute atomic E-state index is 13.7. The van der Waals surface area contributed by atoms with Crippen LogP contribution in [-0.4, -0.2) is 25.5 Å². The highest BCUT2D eigenvalue weighted by Gasteiger charge is 2.37. The number of nitrogens with two attached hydrogens (primary N) is 1. The Morgan fingerprint density at radius 3 is 2.70 bits per heavy atom. The summed E-state index contributed by atoms with van der Waals surface area (Å²) in [4.78, 5) is -0.475. The van der Waals surface area contributed by atoms with Crippen LogP contribution in [0.5, 0.6) is 0 Å². The van der Waals surface area contributed by atoms with Crippen LogP contribution in [0, 0.1) is 11.7 Å². The van der Waals surface area contributed by atoms with Crippen LogP contribution in [-0.2, 0) is 10.0 Å². The third-order valence-electron chi connectivity index (χ3n) is 2.99. The summed E-state index contributed by atoms with van der Waals surface area (Å²) < 4.78 is 40.8. The summed E-state index contributed by atoms with van der Waals surface area (Å²) in [5, 5.41) is 11.5. The van der Waals surface area contributed by atoms with Gasteiger partial charge in [0.25, 0.3) is 0 Å². The van der Waals surface area contributed by atoms with E-state index in [4.69, 9.17) is 10.9 Å². The minimum atomic E-state index is -4.08. The normalized spacial score (nSPS) is 18.0. The van der Waals surface area contributed by atoms with Crippen molar-refractivity contribution in [2.75, 3.05) is 0 Å². The first-order valence-electron chi connectivity index (χ1n) is 5.80. The van der Waals surface area contributed by atoms with Crippen molar-refractivity contribution >= 4 is 31.8 Å². The van der Waals surface area contributed by atoms with E-state index >= 15 is 0 Å². The number of nitrogens with zero attached hydrogens (tertiary/aromatic N) is 1. The number of amidine groups is 1. The van der Waals surface area contributed by atoms with Gasteiger partial charge in [0.1, 0.15) is 10.7 Å². The van der Waals surface area contributed by atoms with E-state index in [1.54, 1.807) is 0 Å². The standard InChI is InChI=1S/C11H13BrFN3O3S/c12-7-3-4-9(8(13)5-7)20(18,19)16-10(6-1-2-6)11(14)15-17/h3-6,10,16-17H,1-2H2,(H2,14,15). The topological polar surface area (TPSA) is 105 Å². The molecular weight excluding hydrogens is 353 g/mol. The van der Waals surface area contributed by atoms with Gasteiger partial charge >= 0.3 is 0 Å². The average Bonchev–Trinajstić information content (AvgIpc) is 3.18. The molecule has 0 bridgehead atoms. The van der Waals surface area contributed by atoms with E-state index in [1.165, 1.54) is 6.07 Å². The molecule has 0 saturated heterocycles. The van der Waals surface area contributed by atoms with Gasteiger partial charge in [0.05, 0.1) is 6.04 Å². The fourth-order valence-corrected chi connectivity index (χ4v) is 3.48. The molecule has 110 valence electrons. The van der Waals surface area contributed by atoms with Gasteiger partial charge < -0.3 is 10.9 Å². The molecule has 6 nitrogen and oxygen atoms in total. The van der Waals surface area contributed by atoms with Crippen molar-refractivity contribution in [3.8, 4) is 0 Å². The Bertz CT molecular complexity index is 646. The van der Waals surface area contributed by atoms with Crippen LogP contribution < -0.4 is 10.5 Å². The van der Waals surface area contributed by atoms with E-state index in [0.717, 1.165) is 25.0 Å². The molecule has 9 heteroatoms. The van der Waals surface area contributed by atoms with Crippen LogP contribution in [0.1, 0.15) is 12.8 Å². The van der Waals surface area contributed by atoms with Gasteiger partial charge in [-0.1, -0.05) is 21.1 Å². The van der Waals surface area contributed by atoms with Crippen LogP contribution in [0.15, 0.2) is 32.7 Å². The van der Waals surface area contributed by atoms with Crippen molar-refractivity contribution in [1.29, 1.82) is 0 Å². The smallest absolute Gasteiger partial charge is 0.244 e. The third kappa shape index (κ3) is 3.28. The summed E-state index contributed by atoms with van der Waals surface area (Å²) >= 11 is 3.05. The van der Waals surface area contributed by atoms with E-state index < -0.39 is 26.8 Å². The number of rotatable bonds is 5. The Kier molecular flexibility index (Phi) is 4.31. The van der Waals surface area contributed by atoms with Gasteiger partial charge in [0.15, 0.2) is 5.84 Å². The van der Waals surface area contributed by atoms with Gasteiger partial charge in [-0.15, -0.1) is 0 Å². The maximum Gasteiger partial charge on any atom is 0.244 e. The number of hydrogen-bond acceptors (Lipinski definition) is 4. The second kappa shape index (κ2) is 5.66. The van der Waals surface area contributed by atoms with E-state index in [1.807, 2.05) is 0 Å². The summed E-state index contributed by atoms with van der Waals surface area (Å²) in [6.45, 7) is 0. The molecule has 1 aliphatic carbocycles. The fourth-order valence-electron chi connectivity index (χ4n) is 1.81. The van der Waals surface area contributed by atoms with Gasteiger partial charge in [-0.25, -0.2) is 17.5 Å². The lowest BCUT2D eigenvalue weighted by molar-refractivity contribution is 0.314. The second-order valence-corrected chi connectivity index (χ2v) is 7.13. The molecule has 20 heavy (non-hydrogen) atoms. The predicted molar refractivity (Wildman–Crippen MR) is 74.3 cm³/mol. The molecule has 1 atom stereocenters. The summed E-state index contributed by atoms with van der Waals surface area (Å²) in [6.07, 6.45) is 1.54. The molecular formula is C11H13BrFN3O3S. The monoisotopic (exact) mass is 365 g/mol. The molecule has 2 rings (SSSR count). The summed E-state index contributed by atoms with van der Waals surface area (Å²) in [5.74, 6) is -1.13. The molecule has 1 aromatic carbocycles. The van der Waals surface area contributed by atoms with E-state index in [9.17, 15) is 12.8 Å². The predicted octanol–water partition coefficient (Wildman–Crippen LogP) is 1.39. The first-order chi connectivity index (χ1) is 9.35. The average molecular weight is 366 g/mol. The largest absolute Gasteiger partial charge is 0.409 e. The zero-order valence-corrected chi connectivity index (χ0v) is 12.7. The van der Waals surface area contributed by atoms with Gasteiger partial charge in [-0.2, -0.15) is 0 Å². The lowest BCUT2D eigenvalue weighted by Gasteiger charge is -2.17. The first kappa shape index (κ1) is 15.2. The van der Waals surface area contributed by atoms with Crippen molar-refractivity contribution in [3.05, 3.63) is 28.5 Å². The lowest BCUT2D eigenvalue weighted by Crippen LogP contribution is -2.46. The third-order valence-corrected chi connectivity index (χ3v) is 4.96. The molecule has 0 radical (unpaired) electrons. The minimum absolute atomic E-state index is 0.0285. The van der Waals surface area contributed by atoms with E-state index in [-0.39, 0.29) is 11.8 Å². The number of sulfonamides is 1. The molecule has 1 unspecified atom stereocenters. The number of halogens is 2. The van der Waals surface area contributed by atoms with Crippen molar-refractivity contribution in [3.63, 3.8) is 0 Å². The highest BCUT2D eigenvalue weighted by Crippen LogP contribution is 2.33. The molecule has 0 spiro atoms. The van der Waals surface area contributed by atoms with Crippen LogP contribution in [0.4, 0.5) is 4.39 Å². The fraction of sp³-hybridized carbons (Fsp3) is 0.364. The van der Waals surface area contributed by atoms with Gasteiger partial charge in [-0.05, 0) is 37.0 Å². The molecule has 0 aromatic heterocycles. The Hall–Kier alpha value is -1.19. The molecule has 1 saturated carbocycles. The highest BCUT2D eigenvalue weighted by molar-refractivity contribution is 9.10. The second-order valence-electron chi connectivity index (χ2n) is 4.54. The van der Waals surface area contributed by atoms with E-state index in [0.29, 0.717) is 4.47 Å². The quantitative estimate of drug-likeness (QED) is 0.317. The summed E-state index contributed by atoms with van der Waals surface area (Å²) in [6, 6.07) is 2.81. The number of hydrogen-bond donors (Lipinski definition) is 3. The van der Waals surface area contributed by atoms with Gasteiger partial charge in [-0.3, -0.25) is 0 Å². The molecule has 4 N–H and O–H groups in total. The molecule has 0 amide bonds. The van der Waals surface area contributed by atoms with Crippen LogP contribution in [0.3, 0.4) is 0 Å². The molecule has 0 heterocycles. The maximum atomic E-state index is 13.7. The van der Waals surface area contributed by atoms with Crippen molar-refractivity contribution in [2.24, 2.45) is 16.8 Å². The molecule has 1 aromatic rings. The van der Waals surface area contributed by atoms with Crippen LogP contribution >= 0.6 is 15.9 Å². The first-order valence-corrected chi connectivity index (χ1v) is 8.07. The van der Waals surface area contributed by atoms with E-state index in [2.05, 4.69) is 25.8 Å². The molecule has 1 aliphatic rings. The Morgan fingerprint density at radius 1 is 1.55 bits per heavy atom. The van der Waals surface area contributed by atoms with Gasteiger partial charge in [0.2, 0.25) is 10.0 Å². The van der Waals surface area contributed by atoms with Crippen molar-refractivity contribution < 1.29 is 18.0 Å². The zero-order valence-electron chi connectivity index (χ0n) is 10.3. The number of nitrogens with one attached hydrogen (secondary N) is 1. The van der Waals surface area contributed by atoms with Crippen LogP contribution in [0.2, 0.25) is 0 Å². The lowest BCUT2D eigenvalue weighted by atomic mass is 10.2. The van der Waals surface area contributed by atoms with Crippen molar-refractivity contribution in [1.82, 2.24) is 4.72 Å². The molecule has 0 aliphatic heterocycles. The number of benzene rings is 1. The Balaban J connectivity index is 2.30. The van der Waals surface area contributed by atoms with Crippen molar-refractivity contribution in [2.45, 2.75) is 23.8 Å².